The van der Waals surface area contributed by atoms with Crippen molar-refractivity contribution in [2.24, 2.45) is 0 Å². The SMILES string of the molecule is CC(C)(C(=O)NCc1ccccc1)c1c(F)cccc1Oc1cnc2c(F)cccc2c1. The number of nitrogens with zero attached hydrogens (tertiary/aromatic N) is 1. The van der Waals surface area contributed by atoms with Crippen LogP contribution in [0, 0.1) is 11.6 Å². The second kappa shape index (κ2) is 8.75. The molecule has 0 aliphatic carbocycles. The van der Waals surface area contributed by atoms with E-state index in [9.17, 15) is 13.6 Å². The van der Waals surface area contributed by atoms with Crippen LogP contribution in [-0.2, 0) is 16.8 Å². The largest absolute Gasteiger partial charge is 0.455 e. The Labute approximate surface area is 184 Å². The van der Waals surface area contributed by atoms with Crippen LogP contribution in [0.1, 0.15) is 25.0 Å². The number of aromatic nitrogens is 1. The Hall–Kier alpha value is -3.80. The number of halogens is 2. The average Bonchev–Trinajstić information content (AvgIpc) is 2.78. The van der Waals surface area contributed by atoms with Crippen LogP contribution in [-0.4, -0.2) is 10.9 Å². The topological polar surface area (TPSA) is 51.2 Å². The lowest BCUT2D eigenvalue weighted by atomic mass is 9.82. The number of hydrogen-bond acceptors (Lipinski definition) is 3. The molecule has 1 N–H and O–H groups in total. The van der Waals surface area contributed by atoms with Crippen molar-refractivity contribution in [3.05, 3.63) is 102 Å². The third kappa shape index (κ3) is 4.30. The summed E-state index contributed by atoms with van der Waals surface area (Å²) in [4.78, 5) is 17.1. The zero-order valence-electron chi connectivity index (χ0n) is 17.7. The minimum atomic E-state index is -1.22. The maximum Gasteiger partial charge on any atom is 0.230 e. The zero-order chi connectivity index (χ0) is 22.7. The molecule has 1 heterocycles. The summed E-state index contributed by atoms with van der Waals surface area (Å²) in [6.45, 7) is 3.62. The van der Waals surface area contributed by atoms with E-state index < -0.39 is 17.0 Å². The summed E-state index contributed by atoms with van der Waals surface area (Å²) in [5.74, 6) is -0.813. The van der Waals surface area contributed by atoms with Crippen LogP contribution >= 0.6 is 0 Å². The first-order valence-electron chi connectivity index (χ1n) is 10.2. The standard InChI is InChI=1S/C26H22F2N2O2/c1-26(2,25(31)30-15-17-8-4-3-5-9-17)23-20(27)11-7-13-22(23)32-19-14-18-10-6-12-21(28)24(18)29-16-19/h3-14,16H,15H2,1-2H3,(H,30,31). The van der Waals surface area contributed by atoms with E-state index in [1.54, 1.807) is 38.1 Å². The summed E-state index contributed by atoms with van der Waals surface area (Å²) in [6, 6.07) is 20.1. The Morgan fingerprint density at radius 3 is 2.47 bits per heavy atom. The molecule has 0 spiro atoms. The van der Waals surface area contributed by atoms with E-state index in [1.165, 1.54) is 24.4 Å². The number of pyridine rings is 1. The number of fused-ring (bicyclic) bond motifs is 1. The van der Waals surface area contributed by atoms with Crippen molar-refractivity contribution >= 4 is 16.8 Å². The molecule has 0 unspecified atom stereocenters. The number of hydrogen-bond donors (Lipinski definition) is 1. The van der Waals surface area contributed by atoms with E-state index in [0.29, 0.717) is 17.7 Å². The Bertz CT molecular complexity index is 1270. The molecule has 6 heteroatoms. The monoisotopic (exact) mass is 432 g/mol. The van der Waals surface area contributed by atoms with Gasteiger partial charge in [0.25, 0.3) is 0 Å². The highest BCUT2D eigenvalue weighted by Crippen LogP contribution is 2.37. The highest BCUT2D eigenvalue weighted by Gasteiger charge is 2.35. The summed E-state index contributed by atoms with van der Waals surface area (Å²) >= 11 is 0. The molecular formula is C26H22F2N2O2. The normalized spacial score (nSPS) is 11.4. The van der Waals surface area contributed by atoms with Crippen molar-refractivity contribution in [3.63, 3.8) is 0 Å². The zero-order valence-corrected chi connectivity index (χ0v) is 17.7. The molecule has 0 saturated carbocycles. The highest BCUT2D eigenvalue weighted by molar-refractivity contribution is 5.88. The van der Waals surface area contributed by atoms with E-state index in [1.807, 2.05) is 30.3 Å². The molecule has 0 aliphatic rings. The predicted octanol–water partition coefficient (Wildman–Crippen LogP) is 5.90. The fourth-order valence-electron chi connectivity index (χ4n) is 3.59. The van der Waals surface area contributed by atoms with Gasteiger partial charge in [0.1, 0.15) is 28.7 Å². The van der Waals surface area contributed by atoms with Crippen LogP contribution in [0.25, 0.3) is 10.9 Å². The third-order valence-electron chi connectivity index (χ3n) is 5.33. The number of nitrogens with one attached hydrogen (secondary N) is 1. The average molecular weight is 432 g/mol. The third-order valence-corrected chi connectivity index (χ3v) is 5.33. The van der Waals surface area contributed by atoms with Crippen molar-refractivity contribution < 1.29 is 18.3 Å². The first-order chi connectivity index (χ1) is 15.4. The first-order valence-corrected chi connectivity index (χ1v) is 10.2. The number of para-hydroxylation sites is 1. The van der Waals surface area contributed by atoms with Gasteiger partial charge in [0.2, 0.25) is 5.91 Å². The van der Waals surface area contributed by atoms with Gasteiger partial charge >= 0.3 is 0 Å². The van der Waals surface area contributed by atoms with Gasteiger partial charge < -0.3 is 10.1 Å². The molecule has 4 nitrogen and oxygen atoms in total. The number of benzene rings is 3. The Morgan fingerprint density at radius 1 is 0.969 bits per heavy atom. The van der Waals surface area contributed by atoms with Crippen LogP contribution in [0.15, 0.2) is 79.0 Å². The van der Waals surface area contributed by atoms with Gasteiger partial charge in [-0.15, -0.1) is 0 Å². The molecule has 0 fully saturated rings. The number of carbonyl (C=O) groups excluding carboxylic acids is 1. The fourth-order valence-corrected chi connectivity index (χ4v) is 3.59. The fraction of sp³-hybridized carbons (Fsp3) is 0.154. The van der Waals surface area contributed by atoms with Crippen LogP contribution < -0.4 is 10.1 Å². The van der Waals surface area contributed by atoms with Crippen LogP contribution in [0.4, 0.5) is 8.78 Å². The lowest BCUT2D eigenvalue weighted by molar-refractivity contribution is -0.126. The molecule has 0 saturated heterocycles. The van der Waals surface area contributed by atoms with Gasteiger partial charge in [0.15, 0.2) is 0 Å². The molecule has 4 aromatic rings. The second-order valence-corrected chi connectivity index (χ2v) is 7.99. The van der Waals surface area contributed by atoms with Gasteiger partial charge in [-0.05, 0) is 43.7 Å². The van der Waals surface area contributed by atoms with Crippen LogP contribution in [0.5, 0.6) is 11.5 Å². The number of rotatable bonds is 6. The Kier molecular flexibility index (Phi) is 5.86. The first kappa shape index (κ1) is 21.4. The predicted molar refractivity (Wildman–Crippen MR) is 119 cm³/mol. The van der Waals surface area contributed by atoms with Crippen molar-refractivity contribution in [1.82, 2.24) is 10.3 Å². The molecule has 0 radical (unpaired) electrons. The summed E-state index contributed by atoms with van der Waals surface area (Å²) in [5, 5.41) is 3.43. The van der Waals surface area contributed by atoms with Gasteiger partial charge in [-0.2, -0.15) is 0 Å². The van der Waals surface area contributed by atoms with E-state index in [-0.39, 0.29) is 22.7 Å². The molecule has 0 atom stereocenters. The highest BCUT2D eigenvalue weighted by atomic mass is 19.1. The quantitative estimate of drug-likeness (QED) is 0.413. The summed E-state index contributed by atoms with van der Waals surface area (Å²) in [7, 11) is 0. The molecule has 4 rings (SSSR count). The minimum absolute atomic E-state index is 0.130. The maximum atomic E-state index is 15.0. The Morgan fingerprint density at radius 2 is 1.69 bits per heavy atom. The van der Waals surface area contributed by atoms with Crippen molar-refractivity contribution in [2.45, 2.75) is 25.8 Å². The molecule has 1 amide bonds. The smallest absolute Gasteiger partial charge is 0.230 e. The van der Waals surface area contributed by atoms with Gasteiger partial charge in [0.05, 0.1) is 11.6 Å². The molecule has 0 bridgehead atoms. The van der Waals surface area contributed by atoms with Gasteiger partial charge in [0, 0.05) is 17.5 Å². The molecule has 1 aromatic heterocycles. The van der Waals surface area contributed by atoms with E-state index >= 15 is 0 Å². The lowest BCUT2D eigenvalue weighted by Crippen LogP contribution is -2.40. The Balaban J connectivity index is 1.63. The summed E-state index contributed by atoms with van der Waals surface area (Å²) in [6.07, 6.45) is 1.38. The van der Waals surface area contributed by atoms with Crippen molar-refractivity contribution in [1.29, 1.82) is 0 Å². The maximum absolute atomic E-state index is 15.0. The van der Waals surface area contributed by atoms with Gasteiger partial charge in [-0.3, -0.25) is 4.79 Å². The van der Waals surface area contributed by atoms with E-state index in [4.69, 9.17) is 4.74 Å². The van der Waals surface area contributed by atoms with Gasteiger partial charge in [-0.1, -0.05) is 48.5 Å². The number of ether oxygens (including phenoxy) is 1. The summed E-state index contributed by atoms with van der Waals surface area (Å²) < 4.78 is 34.8. The molecule has 162 valence electrons. The van der Waals surface area contributed by atoms with E-state index in [2.05, 4.69) is 10.3 Å². The van der Waals surface area contributed by atoms with Crippen LogP contribution in [0.2, 0.25) is 0 Å². The molecule has 3 aromatic carbocycles. The second-order valence-electron chi connectivity index (χ2n) is 7.99. The molecular weight excluding hydrogens is 410 g/mol. The molecule has 0 aliphatic heterocycles. The van der Waals surface area contributed by atoms with E-state index in [0.717, 1.165) is 5.56 Å². The van der Waals surface area contributed by atoms with Crippen molar-refractivity contribution in [3.8, 4) is 11.5 Å². The molecule has 32 heavy (non-hydrogen) atoms. The van der Waals surface area contributed by atoms with Crippen LogP contribution in [0.3, 0.4) is 0 Å². The van der Waals surface area contributed by atoms with Crippen molar-refractivity contribution in [2.75, 3.05) is 0 Å². The number of amides is 1. The minimum Gasteiger partial charge on any atom is -0.455 e. The van der Waals surface area contributed by atoms with Gasteiger partial charge in [-0.25, -0.2) is 13.8 Å². The number of carbonyl (C=O) groups is 1. The summed E-state index contributed by atoms with van der Waals surface area (Å²) in [5.41, 5.74) is 0.0761. The lowest BCUT2D eigenvalue weighted by Gasteiger charge is -2.27.